The van der Waals surface area contributed by atoms with E-state index in [9.17, 15) is 20.4 Å². The number of phenolic OH excluding ortho intramolecular Hbond substituents is 4. The number of hydrogen-bond acceptors (Lipinski definition) is 4. The molecule has 11 aromatic carbocycles. The third kappa shape index (κ3) is 8.36. The van der Waals surface area contributed by atoms with Gasteiger partial charge in [0, 0.05) is 0 Å². The molecular weight excluding hydrogens is 857 g/mol. The first-order chi connectivity index (χ1) is 34.4. The van der Waals surface area contributed by atoms with Gasteiger partial charge in [-0.2, -0.15) is 0 Å². The molecule has 0 radical (unpaired) electrons. The van der Waals surface area contributed by atoms with Crippen molar-refractivity contribution >= 4 is 0 Å². The van der Waals surface area contributed by atoms with Gasteiger partial charge in [-0.15, -0.1) is 0 Å². The summed E-state index contributed by atoms with van der Waals surface area (Å²) in [6, 6.07) is 84.9. The van der Waals surface area contributed by atoms with E-state index >= 15 is 0 Å². The summed E-state index contributed by atoms with van der Waals surface area (Å²) in [6.45, 7) is 0. The maximum Gasteiger partial charge on any atom is 0.115 e. The van der Waals surface area contributed by atoms with Crippen LogP contribution in [0.15, 0.2) is 255 Å². The van der Waals surface area contributed by atoms with Crippen LogP contribution < -0.4 is 0 Å². The monoisotopic (exact) mass is 902 g/mol. The molecule has 70 heavy (non-hydrogen) atoms. The largest absolute Gasteiger partial charge is 0.508 e. The van der Waals surface area contributed by atoms with Crippen LogP contribution in [0.2, 0.25) is 0 Å². The van der Waals surface area contributed by atoms with Gasteiger partial charge >= 0.3 is 0 Å². The zero-order valence-electron chi connectivity index (χ0n) is 38.0. The second kappa shape index (κ2) is 18.7. The van der Waals surface area contributed by atoms with Crippen molar-refractivity contribution in [2.24, 2.45) is 0 Å². The fourth-order valence-corrected chi connectivity index (χ4v) is 9.84. The van der Waals surface area contributed by atoms with Crippen LogP contribution in [0.25, 0.3) is 111 Å². The lowest BCUT2D eigenvalue weighted by molar-refractivity contribution is 0.475. The molecule has 0 aromatic heterocycles. The molecule has 0 amide bonds. The summed E-state index contributed by atoms with van der Waals surface area (Å²) in [4.78, 5) is 0. The molecule has 0 fully saturated rings. The van der Waals surface area contributed by atoms with Crippen molar-refractivity contribution in [3.05, 3.63) is 255 Å². The molecule has 0 atom stereocenters. The zero-order chi connectivity index (χ0) is 47.6. The highest BCUT2D eigenvalue weighted by atomic mass is 16.3. The van der Waals surface area contributed by atoms with Gasteiger partial charge < -0.3 is 20.4 Å². The summed E-state index contributed by atoms with van der Waals surface area (Å²) in [5, 5.41) is 42.2. The molecule has 0 spiro atoms. The number of benzene rings is 11. The Balaban J connectivity index is 1.22. The predicted octanol–water partition coefficient (Wildman–Crippen LogP) is 17.2. The third-order valence-corrected chi connectivity index (χ3v) is 13.1. The minimum absolute atomic E-state index is 0.182. The van der Waals surface area contributed by atoms with Gasteiger partial charge in [-0.05, 0) is 172 Å². The van der Waals surface area contributed by atoms with E-state index in [1.165, 1.54) is 0 Å². The van der Waals surface area contributed by atoms with E-state index in [2.05, 4.69) is 133 Å². The topological polar surface area (TPSA) is 80.9 Å². The van der Waals surface area contributed by atoms with Crippen LogP contribution in [0.1, 0.15) is 0 Å². The summed E-state index contributed by atoms with van der Waals surface area (Å²) < 4.78 is 0. The van der Waals surface area contributed by atoms with Crippen molar-refractivity contribution in [1.82, 2.24) is 0 Å². The number of aromatic hydroxyl groups is 4. The van der Waals surface area contributed by atoms with E-state index in [0.29, 0.717) is 0 Å². The fourth-order valence-electron chi connectivity index (χ4n) is 9.84. The molecule has 0 aliphatic carbocycles. The van der Waals surface area contributed by atoms with Gasteiger partial charge in [-0.25, -0.2) is 0 Å². The summed E-state index contributed by atoms with van der Waals surface area (Å²) in [5.41, 5.74) is 20.1. The molecule has 11 rings (SSSR count). The molecule has 0 heterocycles. The Morgan fingerprint density at radius 2 is 0.329 bits per heavy atom. The number of hydrogen-bond donors (Lipinski definition) is 4. The van der Waals surface area contributed by atoms with Crippen LogP contribution in [0.5, 0.6) is 23.0 Å². The van der Waals surface area contributed by atoms with E-state index in [-0.39, 0.29) is 23.0 Å². The second-order valence-corrected chi connectivity index (χ2v) is 17.4. The Bertz CT molecular complexity index is 3350. The zero-order valence-corrected chi connectivity index (χ0v) is 38.0. The van der Waals surface area contributed by atoms with Crippen molar-refractivity contribution < 1.29 is 20.4 Å². The molecule has 4 heteroatoms. The first kappa shape index (κ1) is 43.2. The molecule has 0 saturated heterocycles. The van der Waals surface area contributed by atoms with Crippen molar-refractivity contribution in [1.29, 1.82) is 0 Å². The van der Waals surface area contributed by atoms with Gasteiger partial charge in [-0.3, -0.25) is 0 Å². The molecule has 334 valence electrons. The predicted molar refractivity (Wildman–Crippen MR) is 287 cm³/mol. The molecule has 0 aliphatic heterocycles. The smallest absolute Gasteiger partial charge is 0.115 e. The van der Waals surface area contributed by atoms with Crippen LogP contribution in [0.4, 0.5) is 0 Å². The lowest BCUT2D eigenvalue weighted by Gasteiger charge is -2.25. The molecule has 0 bridgehead atoms. The first-order valence-corrected chi connectivity index (χ1v) is 23.3. The van der Waals surface area contributed by atoms with Crippen molar-refractivity contribution in [3.63, 3.8) is 0 Å². The maximum absolute atomic E-state index is 10.6. The molecule has 0 unspecified atom stereocenters. The SMILES string of the molecule is Oc1ccc(-c2c(-c3ccccc3)cc(-c3ccc(-c4cc(-c5ccccc5)c(-c5ccc(O)cc5)c(-c5ccc(O)cc5)c4-c4ccccc4)cc3)c(-c3ccccc3)c2-c2ccc(O)cc2)cc1. The van der Waals surface area contributed by atoms with Crippen molar-refractivity contribution in [2.75, 3.05) is 0 Å². The maximum atomic E-state index is 10.6. The highest BCUT2D eigenvalue weighted by molar-refractivity contribution is 6.09. The van der Waals surface area contributed by atoms with Gasteiger partial charge in [0.05, 0.1) is 0 Å². The molecule has 0 aliphatic rings. The highest BCUT2D eigenvalue weighted by Crippen LogP contribution is 2.53. The van der Waals surface area contributed by atoms with Crippen molar-refractivity contribution in [3.8, 4) is 134 Å². The van der Waals surface area contributed by atoms with Gasteiger partial charge in [0.25, 0.3) is 0 Å². The second-order valence-electron chi connectivity index (χ2n) is 17.4. The molecule has 0 saturated carbocycles. The number of phenols is 4. The Morgan fingerprint density at radius 3 is 0.571 bits per heavy atom. The average Bonchev–Trinajstić information content (AvgIpc) is 3.42. The lowest BCUT2D eigenvalue weighted by atomic mass is 9.78. The van der Waals surface area contributed by atoms with E-state index in [1.54, 1.807) is 48.5 Å². The van der Waals surface area contributed by atoms with E-state index in [0.717, 1.165) is 111 Å². The standard InChI is InChI=1S/C66H46O4/c67-53-33-25-49(26-34-53)63-57(43-13-5-1-6-14-43)41-59(61(47-17-9-3-10-18-47)65(63)51-29-37-55(69)38-30-51)45-21-23-46(24-22-45)60-42-58(44-15-7-2-8-16-44)64(50-27-35-54(68)36-28-50)66(52-31-39-56(70)40-32-52)62(60)48-19-11-4-12-20-48/h1-42,67-70H. The quantitative estimate of drug-likeness (QED) is 0.110. The Kier molecular flexibility index (Phi) is 11.6. The van der Waals surface area contributed by atoms with Crippen molar-refractivity contribution in [2.45, 2.75) is 0 Å². The minimum Gasteiger partial charge on any atom is -0.508 e. The van der Waals surface area contributed by atoms with Gasteiger partial charge in [0.15, 0.2) is 0 Å². The molecular formula is C66H46O4. The summed E-state index contributed by atoms with van der Waals surface area (Å²) >= 11 is 0. The van der Waals surface area contributed by atoms with Gasteiger partial charge in [-0.1, -0.05) is 194 Å². The van der Waals surface area contributed by atoms with E-state index < -0.39 is 0 Å². The Morgan fingerprint density at radius 1 is 0.157 bits per heavy atom. The molecule has 11 aromatic rings. The summed E-state index contributed by atoms with van der Waals surface area (Å²) in [6.07, 6.45) is 0. The first-order valence-electron chi connectivity index (χ1n) is 23.3. The van der Waals surface area contributed by atoms with Gasteiger partial charge in [0.1, 0.15) is 23.0 Å². The highest BCUT2D eigenvalue weighted by Gasteiger charge is 2.26. The summed E-state index contributed by atoms with van der Waals surface area (Å²) in [5.74, 6) is 0.739. The Labute approximate surface area is 407 Å². The molecule has 4 N–H and O–H groups in total. The van der Waals surface area contributed by atoms with Gasteiger partial charge in [0.2, 0.25) is 0 Å². The van der Waals surface area contributed by atoms with E-state index in [1.807, 2.05) is 72.8 Å². The van der Waals surface area contributed by atoms with Crippen LogP contribution >= 0.6 is 0 Å². The normalized spacial score (nSPS) is 11.1. The fraction of sp³-hybridized carbons (Fsp3) is 0. The minimum atomic E-state index is 0.182. The van der Waals surface area contributed by atoms with Crippen LogP contribution in [-0.4, -0.2) is 20.4 Å². The van der Waals surface area contributed by atoms with E-state index in [4.69, 9.17) is 0 Å². The van der Waals surface area contributed by atoms with Crippen LogP contribution in [-0.2, 0) is 0 Å². The van der Waals surface area contributed by atoms with Crippen LogP contribution in [0.3, 0.4) is 0 Å². The third-order valence-electron chi connectivity index (χ3n) is 13.1. The number of rotatable bonds is 10. The summed E-state index contributed by atoms with van der Waals surface area (Å²) in [7, 11) is 0. The lowest BCUT2D eigenvalue weighted by Crippen LogP contribution is -1.99. The molecule has 4 nitrogen and oxygen atoms in total. The average molecular weight is 903 g/mol. The Hall–Kier alpha value is -9.38. The van der Waals surface area contributed by atoms with Crippen LogP contribution in [0, 0.1) is 0 Å².